The molecule has 1 aromatic heterocycles. The minimum Gasteiger partial charge on any atom is -0.377 e. The molecule has 2 aromatic rings. The van der Waals surface area contributed by atoms with Crippen LogP contribution in [0.15, 0.2) is 29.3 Å². The lowest BCUT2D eigenvalue weighted by atomic mass is 10.2. The summed E-state index contributed by atoms with van der Waals surface area (Å²) in [5.41, 5.74) is 0.729. The molecule has 0 aliphatic carbocycles. The zero-order valence-electron chi connectivity index (χ0n) is 10.4. The fraction of sp³-hybridized carbons (Fsp3) is 0.385. The topological polar surface area (TPSA) is 44.1 Å². The maximum atomic E-state index is 12.2. The second kappa shape index (κ2) is 5.79. The van der Waals surface area contributed by atoms with Gasteiger partial charge in [0.1, 0.15) is 0 Å². The van der Waals surface area contributed by atoms with Crippen LogP contribution in [0.3, 0.4) is 0 Å². The predicted octanol–water partition coefficient (Wildman–Crippen LogP) is 2.43. The van der Waals surface area contributed by atoms with Gasteiger partial charge in [0, 0.05) is 3.57 Å². The molecule has 0 atom stereocenters. The molecule has 0 bridgehead atoms. The summed E-state index contributed by atoms with van der Waals surface area (Å²) in [4.78, 5) is 16.5. The van der Waals surface area contributed by atoms with Gasteiger partial charge in [-0.05, 0) is 54.6 Å². The van der Waals surface area contributed by atoms with Crippen molar-refractivity contribution in [3.05, 3.63) is 38.5 Å². The monoisotopic (exact) mass is 358 g/mol. The van der Waals surface area contributed by atoms with E-state index in [2.05, 4.69) is 27.6 Å². The first-order valence-corrected chi connectivity index (χ1v) is 6.92. The first-order valence-electron chi connectivity index (χ1n) is 5.84. The number of aromatic nitrogens is 2. The average Bonchev–Trinajstić information content (AvgIpc) is 2.32. The summed E-state index contributed by atoms with van der Waals surface area (Å²) in [5, 5.41) is 0.661. The van der Waals surface area contributed by atoms with Crippen molar-refractivity contribution in [2.75, 3.05) is 6.61 Å². The molecule has 0 spiro atoms. The summed E-state index contributed by atoms with van der Waals surface area (Å²) in [6.45, 7) is 5.01. The van der Waals surface area contributed by atoms with E-state index in [-0.39, 0.29) is 11.7 Å². The largest absolute Gasteiger partial charge is 0.377 e. The third-order valence-electron chi connectivity index (χ3n) is 2.57. The van der Waals surface area contributed by atoms with Gasteiger partial charge in [-0.25, -0.2) is 4.98 Å². The van der Waals surface area contributed by atoms with Crippen LogP contribution in [0.1, 0.15) is 13.8 Å². The molecule has 0 amide bonds. The van der Waals surface area contributed by atoms with Crippen LogP contribution < -0.4 is 5.56 Å². The quantitative estimate of drug-likeness (QED) is 0.789. The smallest absolute Gasteiger partial charge is 0.261 e. The molecule has 18 heavy (non-hydrogen) atoms. The Morgan fingerprint density at radius 2 is 2.22 bits per heavy atom. The Bertz CT molecular complexity index is 607. The number of hydrogen-bond acceptors (Lipinski definition) is 3. The van der Waals surface area contributed by atoms with E-state index in [9.17, 15) is 4.79 Å². The number of ether oxygens (including phenoxy) is 1. The normalized spacial score (nSPS) is 11.3. The minimum absolute atomic E-state index is 0.00845. The van der Waals surface area contributed by atoms with Gasteiger partial charge in [0.05, 0.1) is 36.5 Å². The molecule has 2 rings (SSSR count). The molecule has 0 unspecified atom stereocenters. The van der Waals surface area contributed by atoms with Gasteiger partial charge in [0.25, 0.3) is 5.56 Å². The van der Waals surface area contributed by atoms with E-state index in [1.54, 1.807) is 10.9 Å². The molecule has 96 valence electrons. The van der Waals surface area contributed by atoms with Gasteiger partial charge in [-0.1, -0.05) is 0 Å². The lowest BCUT2D eigenvalue weighted by Gasteiger charge is -2.09. The van der Waals surface area contributed by atoms with E-state index in [0.29, 0.717) is 18.5 Å². The molecular weight excluding hydrogens is 343 g/mol. The molecule has 0 N–H and O–H groups in total. The fourth-order valence-electron chi connectivity index (χ4n) is 1.68. The number of fused-ring (bicyclic) bond motifs is 1. The molecule has 5 heteroatoms. The second-order valence-corrected chi connectivity index (χ2v) is 5.57. The van der Waals surface area contributed by atoms with Crippen molar-refractivity contribution in [3.8, 4) is 0 Å². The number of benzene rings is 1. The summed E-state index contributed by atoms with van der Waals surface area (Å²) in [5.74, 6) is 0. The third kappa shape index (κ3) is 3.08. The number of hydrogen-bond donors (Lipinski definition) is 0. The highest BCUT2D eigenvalue weighted by Gasteiger charge is 2.04. The van der Waals surface area contributed by atoms with E-state index in [1.807, 2.05) is 32.0 Å². The van der Waals surface area contributed by atoms with Gasteiger partial charge < -0.3 is 4.74 Å². The Morgan fingerprint density at radius 3 is 2.94 bits per heavy atom. The van der Waals surface area contributed by atoms with Gasteiger partial charge >= 0.3 is 0 Å². The molecule has 1 heterocycles. The molecule has 4 nitrogen and oxygen atoms in total. The van der Waals surface area contributed by atoms with Crippen LogP contribution in [0.25, 0.3) is 10.9 Å². The standard InChI is InChI=1S/C13H15IN2O2/c1-9(2)18-6-5-16-8-15-12-4-3-10(14)7-11(12)13(16)17/h3-4,7-9H,5-6H2,1-2H3. The second-order valence-electron chi connectivity index (χ2n) is 4.32. The lowest BCUT2D eigenvalue weighted by molar-refractivity contribution is 0.0722. The van der Waals surface area contributed by atoms with E-state index < -0.39 is 0 Å². The van der Waals surface area contributed by atoms with E-state index in [1.165, 1.54) is 0 Å². The Balaban J connectivity index is 2.30. The van der Waals surface area contributed by atoms with Crippen LogP contribution >= 0.6 is 22.6 Å². The molecule has 1 aromatic carbocycles. The van der Waals surface area contributed by atoms with Crippen molar-refractivity contribution in [3.63, 3.8) is 0 Å². The predicted molar refractivity (Wildman–Crippen MR) is 79.8 cm³/mol. The first kappa shape index (κ1) is 13.5. The van der Waals surface area contributed by atoms with Crippen LogP contribution in [0, 0.1) is 3.57 Å². The Hall–Kier alpha value is -0.950. The van der Waals surface area contributed by atoms with Gasteiger partial charge in [-0.15, -0.1) is 0 Å². The van der Waals surface area contributed by atoms with Crippen molar-refractivity contribution < 1.29 is 4.74 Å². The fourth-order valence-corrected chi connectivity index (χ4v) is 2.17. The summed E-state index contributed by atoms with van der Waals surface area (Å²) >= 11 is 2.19. The summed E-state index contributed by atoms with van der Waals surface area (Å²) in [6, 6.07) is 5.68. The van der Waals surface area contributed by atoms with E-state index in [0.717, 1.165) is 9.09 Å². The lowest BCUT2D eigenvalue weighted by Crippen LogP contribution is -2.23. The van der Waals surface area contributed by atoms with Gasteiger partial charge in [-0.3, -0.25) is 9.36 Å². The van der Waals surface area contributed by atoms with Crippen molar-refractivity contribution in [2.24, 2.45) is 0 Å². The molecule has 0 saturated heterocycles. The highest BCUT2D eigenvalue weighted by molar-refractivity contribution is 14.1. The van der Waals surface area contributed by atoms with Crippen LogP contribution in [0.4, 0.5) is 0 Å². The molecular formula is C13H15IN2O2. The molecule has 0 fully saturated rings. The average molecular weight is 358 g/mol. The summed E-state index contributed by atoms with van der Waals surface area (Å²) in [7, 11) is 0. The zero-order chi connectivity index (χ0) is 13.1. The molecule has 0 aliphatic heterocycles. The van der Waals surface area contributed by atoms with Crippen molar-refractivity contribution in [2.45, 2.75) is 26.5 Å². The Morgan fingerprint density at radius 1 is 1.44 bits per heavy atom. The summed E-state index contributed by atoms with van der Waals surface area (Å²) < 4.78 is 8.08. The van der Waals surface area contributed by atoms with Gasteiger partial charge in [0.15, 0.2) is 0 Å². The van der Waals surface area contributed by atoms with Crippen molar-refractivity contribution >= 4 is 33.5 Å². The molecule has 0 saturated carbocycles. The maximum absolute atomic E-state index is 12.2. The zero-order valence-corrected chi connectivity index (χ0v) is 12.5. The Labute approximate surface area is 119 Å². The van der Waals surface area contributed by atoms with Crippen LogP contribution in [-0.2, 0) is 11.3 Å². The highest BCUT2D eigenvalue weighted by atomic mass is 127. The minimum atomic E-state index is -0.00845. The molecule has 0 radical (unpaired) electrons. The maximum Gasteiger partial charge on any atom is 0.261 e. The number of rotatable bonds is 4. The van der Waals surface area contributed by atoms with E-state index >= 15 is 0 Å². The van der Waals surface area contributed by atoms with Crippen LogP contribution in [0.5, 0.6) is 0 Å². The van der Waals surface area contributed by atoms with Crippen LogP contribution in [-0.4, -0.2) is 22.3 Å². The number of nitrogens with zero attached hydrogens (tertiary/aromatic N) is 2. The third-order valence-corrected chi connectivity index (χ3v) is 3.24. The SMILES string of the molecule is CC(C)OCCn1cnc2ccc(I)cc2c1=O. The number of halogens is 1. The van der Waals surface area contributed by atoms with Crippen LogP contribution in [0.2, 0.25) is 0 Å². The first-order chi connectivity index (χ1) is 8.58. The highest BCUT2D eigenvalue weighted by Crippen LogP contribution is 2.11. The Kier molecular flexibility index (Phi) is 4.34. The van der Waals surface area contributed by atoms with E-state index in [4.69, 9.17) is 4.74 Å². The van der Waals surface area contributed by atoms with Crippen molar-refractivity contribution in [1.29, 1.82) is 0 Å². The molecule has 0 aliphatic rings. The van der Waals surface area contributed by atoms with Crippen molar-refractivity contribution in [1.82, 2.24) is 9.55 Å². The van der Waals surface area contributed by atoms with Gasteiger partial charge in [0.2, 0.25) is 0 Å². The van der Waals surface area contributed by atoms with Gasteiger partial charge in [-0.2, -0.15) is 0 Å². The summed E-state index contributed by atoms with van der Waals surface area (Å²) in [6.07, 6.45) is 1.76.